The van der Waals surface area contributed by atoms with Crippen molar-refractivity contribution in [2.45, 2.75) is 18.6 Å². The van der Waals surface area contributed by atoms with Gasteiger partial charge in [0.15, 0.2) is 16.8 Å². The minimum absolute atomic E-state index is 0.0240. The predicted molar refractivity (Wildman–Crippen MR) is 97.4 cm³/mol. The number of halogens is 2. The zero-order chi connectivity index (χ0) is 18.7. The lowest BCUT2D eigenvalue weighted by molar-refractivity contribution is -0.113. The molecule has 0 unspecified atom stereocenters. The van der Waals surface area contributed by atoms with E-state index in [1.807, 2.05) is 6.92 Å². The molecule has 0 bridgehead atoms. The molecule has 0 saturated heterocycles. The highest BCUT2D eigenvalue weighted by Crippen LogP contribution is 2.19. The van der Waals surface area contributed by atoms with Crippen molar-refractivity contribution in [3.63, 3.8) is 0 Å². The molecular weight excluding hydrogens is 360 g/mol. The summed E-state index contributed by atoms with van der Waals surface area (Å²) in [5.74, 6) is -2.45. The van der Waals surface area contributed by atoms with E-state index in [1.54, 1.807) is 24.3 Å². The smallest absolute Gasteiger partial charge is 0.262 e. The van der Waals surface area contributed by atoms with Gasteiger partial charge in [-0.05, 0) is 31.2 Å². The maximum atomic E-state index is 13.2. The fourth-order valence-electron chi connectivity index (χ4n) is 2.44. The van der Waals surface area contributed by atoms with Crippen LogP contribution in [0.5, 0.6) is 0 Å². The van der Waals surface area contributed by atoms with Crippen LogP contribution in [0.1, 0.15) is 6.92 Å². The van der Waals surface area contributed by atoms with Crippen molar-refractivity contribution >= 4 is 34.3 Å². The summed E-state index contributed by atoms with van der Waals surface area (Å²) >= 11 is 1.11. The molecule has 26 heavy (non-hydrogen) atoms. The molecule has 1 N–H and O–H groups in total. The molecule has 1 aromatic heterocycles. The molecule has 2 aromatic carbocycles. The minimum Gasteiger partial charge on any atom is -0.325 e. The number of aromatic nitrogens is 2. The Bertz CT molecular complexity index is 1040. The average Bonchev–Trinajstić information content (AvgIpc) is 2.63. The Balaban J connectivity index is 1.77. The van der Waals surface area contributed by atoms with E-state index in [4.69, 9.17) is 0 Å². The number of nitrogens with one attached hydrogen (secondary N) is 1. The summed E-state index contributed by atoms with van der Waals surface area (Å²) in [4.78, 5) is 29.0. The van der Waals surface area contributed by atoms with Crippen molar-refractivity contribution < 1.29 is 13.6 Å². The number of carbonyl (C=O) groups is 1. The number of anilines is 1. The number of thioether (sulfide) groups is 1. The molecule has 3 aromatic rings. The van der Waals surface area contributed by atoms with E-state index >= 15 is 0 Å². The number of fused-ring (bicyclic) bond motifs is 1. The van der Waals surface area contributed by atoms with Gasteiger partial charge in [0.05, 0.1) is 16.7 Å². The van der Waals surface area contributed by atoms with Crippen LogP contribution in [-0.4, -0.2) is 21.2 Å². The first kappa shape index (κ1) is 18.1. The largest absolute Gasteiger partial charge is 0.325 e. The van der Waals surface area contributed by atoms with Gasteiger partial charge in [0.25, 0.3) is 5.56 Å². The molecule has 0 spiro atoms. The van der Waals surface area contributed by atoms with Crippen LogP contribution in [0.15, 0.2) is 52.4 Å². The first-order valence-electron chi connectivity index (χ1n) is 7.87. The maximum absolute atomic E-state index is 13.2. The lowest BCUT2D eigenvalue weighted by Gasteiger charge is -2.11. The Hall–Kier alpha value is -2.74. The van der Waals surface area contributed by atoms with E-state index in [0.29, 0.717) is 22.6 Å². The first-order chi connectivity index (χ1) is 12.5. The van der Waals surface area contributed by atoms with Gasteiger partial charge in [-0.1, -0.05) is 23.9 Å². The van der Waals surface area contributed by atoms with E-state index in [9.17, 15) is 18.4 Å². The van der Waals surface area contributed by atoms with Crippen LogP contribution in [0.2, 0.25) is 0 Å². The number of nitrogens with zero attached hydrogens (tertiary/aromatic N) is 2. The summed E-state index contributed by atoms with van der Waals surface area (Å²) in [6.07, 6.45) is 0. The summed E-state index contributed by atoms with van der Waals surface area (Å²) in [5.41, 5.74) is 0.557. The quantitative estimate of drug-likeness (QED) is 0.548. The van der Waals surface area contributed by atoms with Crippen LogP contribution in [0.4, 0.5) is 14.5 Å². The molecule has 0 aliphatic rings. The van der Waals surface area contributed by atoms with E-state index in [2.05, 4.69) is 10.3 Å². The Labute approximate surface area is 152 Å². The molecule has 0 aliphatic carbocycles. The molecular formula is C18H15F2N3O2S. The molecule has 0 aliphatic heterocycles. The van der Waals surface area contributed by atoms with Crippen molar-refractivity contribution in [1.82, 2.24) is 9.55 Å². The Morgan fingerprint density at radius 1 is 1.19 bits per heavy atom. The highest BCUT2D eigenvalue weighted by Gasteiger charge is 2.13. The zero-order valence-corrected chi connectivity index (χ0v) is 14.6. The van der Waals surface area contributed by atoms with Crippen LogP contribution >= 0.6 is 11.8 Å². The third kappa shape index (κ3) is 3.75. The highest BCUT2D eigenvalue weighted by atomic mass is 32.2. The molecule has 0 radical (unpaired) electrons. The van der Waals surface area contributed by atoms with Gasteiger partial charge in [0, 0.05) is 18.3 Å². The van der Waals surface area contributed by atoms with Gasteiger partial charge in [-0.15, -0.1) is 0 Å². The molecule has 8 heteroatoms. The fourth-order valence-corrected chi connectivity index (χ4v) is 3.30. The molecule has 0 atom stereocenters. The third-order valence-electron chi connectivity index (χ3n) is 3.68. The number of rotatable bonds is 5. The summed E-state index contributed by atoms with van der Waals surface area (Å²) < 4.78 is 27.6. The van der Waals surface area contributed by atoms with Crippen molar-refractivity contribution in [3.8, 4) is 0 Å². The van der Waals surface area contributed by atoms with Crippen molar-refractivity contribution in [3.05, 3.63) is 64.5 Å². The van der Waals surface area contributed by atoms with Crippen LogP contribution < -0.4 is 10.9 Å². The summed E-state index contributed by atoms with van der Waals surface area (Å²) in [6, 6.07) is 10.1. The average molecular weight is 375 g/mol. The van der Waals surface area contributed by atoms with E-state index in [-0.39, 0.29) is 17.0 Å². The van der Waals surface area contributed by atoms with Gasteiger partial charge in [0.2, 0.25) is 5.91 Å². The molecule has 3 rings (SSSR count). The number of amides is 1. The fraction of sp³-hybridized carbons (Fsp3) is 0.167. The first-order valence-corrected chi connectivity index (χ1v) is 8.85. The van der Waals surface area contributed by atoms with Crippen LogP contribution in [0.3, 0.4) is 0 Å². The highest BCUT2D eigenvalue weighted by molar-refractivity contribution is 7.99. The molecule has 5 nitrogen and oxygen atoms in total. The Kier molecular flexibility index (Phi) is 5.32. The van der Waals surface area contributed by atoms with Crippen LogP contribution in [0.25, 0.3) is 10.9 Å². The lowest BCUT2D eigenvalue weighted by Crippen LogP contribution is -2.23. The van der Waals surface area contributed by atoms with Gasteiger partial charge in [-0.2, -0.15) is 0 Å². The number of carbonyl (C=O) groups excluding carboxylic acids is 1. The standard InChI is InChI=1S/C18H15F2N3O2S/c1-2-23-17(25)12-5-3-4-6-15(12)22-18(23)26-10-16(24)21-11-7-8-13(19)14(20)9-11/h3-9H,2,10H2,1H3,(H,21,24). The monoisotopic (exact) mass is 375 g/mol. The van der Waals surface area contributed by atoms with Gasteiger partial charge in [-0.3, -0.25) is 14.2 Å². The van der Waals surface area contributed by atoms with Gasteiger partial charge < -0.3 is 5.32 Å². The second kappa shape index (κ2) is 7.65. The number of hydrogen-bond donors (Lipinski definition) is 1. The van der Waals surface area contributed by atoms with Crippen LogP contribution in [-0.2, 0) is 11.3 Å². The normalized spacial score (nSPS) is 10.9. The van der Waals surface area contributed by atoms with Gasteiger partial charge in [0.1, 0.15) is 0 Å². The topological polar surface area (TPSA) is 64.0 Å². The molecule has 1 heterocycles. The number of hydrogen-bond acceptors (Lipinski definition) is 4. The zero-order valence-electron chi connectivity index (χ0n) is 13.8. The molecule has 1 amide bonds. The van der Waals surface area contributed by atoms with Gasteiger partial charge >= 0.3 is 0 Å². The lowest BCUT2D eigenvalue weighted by atomic mass is 10.2. The second-order valence-electron chi connectivity index (χ2n) is 5.43. The Morgan fingerprint density at radius 3 is 2.69 bits per heavy atom. The number of para-hydroxylation sites is 1. The van der Waals surface area contributed by atoms with Crippen molar-refractivity contribution in [2.75, 3.05) is 11.1 Å². The third-order valence-corrected chi connectivity index (χ3v) is 4.65. The van der Waals surface area contributed by atoms with Crippen LogP contribution in [0, 0.1) is 11.6 Å². The number of benzene rings is 2. The molecule has 134 valence electrons. The SMILES string of the molecule is CCn1c(SCC(=O)Nc2ccc(F)c(F)c2)nc2ccccc2c1=O. The molecule has 0 fully saturated rings. The van der Waals surface area contributed by atoms with E-state index in [1.165, 1.54) is 10.6 Å². The predicted octanol–water partition coefficient (Wildman–Crippen LogP) is 3.43. The summed E-state index contributed by atoms with van der Waals surface area (Å²) in [5, 5.41) is 3.43. The molecule has 0 saturated carbocycles. The maximum Gasteiger partial charge on any atom is 0.262 e. The second-order valence-corrected chi connectivity index (χ2v) is 6.37. The van der Waals surface area contributed by atoms with E-state index in [0.717, 1.165) is 23.9 Å². The van der Waals surface area contributed by atoms with E-state index < -0.39 is 17.5 Å². The Morgan fingerprint density at radius 2 is 1.96 bits per heavy atom. The van der Waals surface area contributed by atoms with Crippen molar-refractivity contribution in [1.29, 1.82) is 0 Å². The summed E-state index contributed by atoms with van der Waals surface area (Å²) in [7, 11) is 0. The van der Waals surface area contributed by atoms with Gasteiger partial charge in [-0.25, -0.2) is 13.8 Å². The minimum atomic E-state index is -1.04. The van der Waals surface area contributed by atoms with Crippen molar-refractivity contribution in [2.24, 2.45) is 0 Å². The summed E-state index contributed by atoms with van der Waals surface area (Å²) in [6.45, 7) is 2.24.